The van der Waals surface area contributed by atoms with Crippen molar-refractivity contribution in [3.05, 3.63) is 35.4 Å². The van der Waals surface area contributed by atoms with E-state index in [0.717, 1.165) is 11.3 Å². The third-order valence-corrected chi connectivity index (χ3v) is 5.42. The molecule has 0 aromatic heterocycles. The average molecular weight is 284 g/mol. The maximum atomic E-state index is 12.3. The molecule has 1 amide bonds. The number of carbonyl (C=O) groups excluding carboxylic acids is 1. The molecular weight excluding hydrogens is 260 g/mol. The number of nitrogens with one attached hydrogen (secondary N) is 1. The van der Waals surface area contributed by atoms with Gasteiger partial charge in [0.05, 0.1) is 5.71 Å². The Bertz CT molecular complexity index is 575. The van der Waals surface area contributed by atoms with Gasteiger partial charge < -0.3 is 0 Å². The van der Waals surface area contributed by atoms with E-state index < -0.39 is 0 Å². The Labute approximate surface area is 126 Å². The fraction of sp³-hybridized carbons (Fsp3) is 0.556. The molecule has 3 rings (SSSR count). The number of hydrogen-bond donors (Lipinski definition) is 1. The molecule has 0 aliphatic heterocycles. The zero-order chi connectivity index (χ0) is 15.0. The van der Waals surface area contributed by atoms with Crippen LogP contribution in [0.5, 0.6) is 0 Å². The van der Waals surface area contributed by atoms with Crippen LogP contribution in [0.2, 0.25) is 0 Å². The molecule has 2 fully saturated rings. The van der Waals surface area contributed by atoms with E-state index in [1.165, 1.54) is 31.2 Å². The number of hydrazone groups is 1. The van der Waals surface area contributed by atoms with Crippen molar-refractivity contribution in [3.63, 3.8) is 0 Å². The first kappa shape index (κ1) is 14.3. The normalized spacial score (nSPS) is 31.5. The fourth-order valence-corrected chi connectivity index (χ4v) is 3.92. The van der Waals surface area contributed by atoms with E-state index in [1.54, 1.807) is 0 Å². The lowest BCUT2D eigenvalue weighted by molar-refractivity contribution is -0.123. The van der Waals surface area contributed by atoms with Crippen LogP contribution in [-0.2, 0) is 4.79 Å². The van der Waals surface area contributed by atoms with E-state index >= 15 is 0 Å². The quantitative estimate of drug-likeness (QED) is 0.668. The van der Waals surface area contributed by atoms with Crippen molar-refractivity contribution >= 4 is 11.6 Å². The Kier molecular flexibility index (Phi) is 3.60. The molecule has 3 atom stereocenters. The first-order valence-corrected chi connectivity index (χ1v) is 7.93. The molecule has 1 aromatic rings. The third kappa shape index (κ3) is 2.61. The second-order valence-corrected chi connectivity index (χ2v) is 6.88. The number of hydrogen-bond acceptors (Lipinski definition) is 2. The van der Waals surface area contributed by atoms with Gasteiger partial charge in [0.15, 0.2) is 0 Å². The summed E-state index contributed by atoms with van der Waals surface area (Å²) >= 11 is 0. The largest absolute Gasteiger partial charge is 0.273 e. The summed E-state index contributed by atoms with van der Waals surface area (Å²) < 4.78 is 0. The van der Waals surface area contributed by atoms with Crippen LogP contribution in [0.4, 0.5) is 0 Å². The van der Waals surface area contributed by atoms with E-state index in [1.807, 2.05) is 19.1 Å². The van der Waals surface area contributed by atoms with Gasteiger partial charge in [-0.15, -0.1) is 0 Å². The van der Waals surface area contributed by atoms with Crippen molar-refractivity contribution in [2.24, 2.45) is 22.4 Å². The van der Waals surface area contributed by atoms with Crippen molar-refractivity contribution in [3.8, 4) is 0 Å². The van der Waals surface area contributed by atoms with Crippen molar-refractivity contribution in [2.75, 3.05) is 0 Å². The Hall–Kier alpha value is -1.64. The van der Waals surface area contributed by atoms with Crippen molar-refractivity contribution in [2.45, 2.75) is 46.5 Å². The highest BCUT2D eigenvalue weighted by atomic mass is 16.2. The van der Waals surface area contributed by atoms with Gasteiger partial charge in [-0.2, -0.15) is 5.10 Å². The van der Waals surface area contributed by atoms with Crippen LogP contribution in [0.3, 0.4) is 0 Å². The molecule has 3 heteroatoms. The van der Waals surface area contributed by atoms with Gasteiger partial charge in [0.25, 0.3) is 0 Å². The molecule has 2 aliphatic carbocycles. The Morgan fingerprint density at radius 3 is 2.62 bits per heavy atom. The van der Waals surface area contributed by atoms with E-state index in [2.05, 4.69) is 36.5 Å². The second-order valence-electron chi connectivity index (χ2n) is 6.88. The molecular formula is C18H24N2O. The molecule has 1 N–H and O–H groups in total. The maximum absolute atomic E-state index is 12.3. The molecule has 3 nitrogen and oxygen atoms in total. The van der Waals surface area contributed by atoms with Gasteiger partial charge in [0.2, 0.25) is 5.91 Å². The van der Waals surface area contributed by atoms with E-state index in [-0.39, 0.29) is 17.2 Å². The number of amides is 1. The van der Waals surface area contributed by atoms with Crippen molar-refractivity contribution in [1.29, 1.82) is 0 Å². The van der Waals surface area contributed by atoms with Crippen LogP contribution < -0.4 is 5.43 Å². The Morgan fingerprint density at radius 2 is 2.00 bits per heavy atom. The molecule has 21 heavy (non-hydrogen) atoms. The van der Waals surface area contributed by atoms with E-state index in [0.29, 0.717) is 5.92 Å². The molecule has 0 spiro atoms. The molecule has 0 heterocycles. The number of rotatable bonds is 3. The average Bonchev–Trinajstić information content (AvgIpc) is 3.11. The second kappa shape index (κ2) is 5.28. The minimum atomic E-state index is 0.107. The third-order valence-electron chi connectivity index (χ3n) is 5.42. The van der Waals surface area contributed by atoms with Crippen LogP contribution in [0, 0.1) is 24.2 Å². The zero-order valence-electron chi connectivity index (χ0n) is 13.1. The van der Waals surface area contributed by atoms with Gasteiger partial charge in [-0.3, -0.25) is 4.79 Å². The highest BCUT2D eigenvalue weighted by Crippen LogP contribution is 2.66. The molecule has 0 bridgehead atoms. The molecule has 2 aliphatic rings. The van der Waals surface area contributed by atoms with Crippen LogP contribution in [0.1, 0.15) is 50.7 Å². The molecule has 0 saturated heterocycles. The van der Waals surface area contributed by atoms with Crippen LogP contribution >= 0.6 is 0 Å². The number of fused-ring (bicyclic) bond motifs is 1. The van der Waals surface area contributed by atoms with Crippen LogP contribution in [0.15, 0.2) is 29.4 Å². The summed E-state index contributed by atoms with van der Waals surface area (Å²) in [5, 5.41) is 4.29. The van der Waals surface area contributed by atoms with Gasteiger partial charge >= 0.3 is 0 Å². The standard InChI is InChI=1S/C18H24N2O/c1-12-7-9-14(10-8-12)13(2)19-20-17(21)16-15-6-4-5-11-18(15,16)3/h7-10,15-16H,4-6,11H2,1-3H3,(H,20,21)/b19-13-/t15-,16-,18-/m0/s1. The molecule has 2 saturated carbocycles. The van der Waals surface area contributed by atoms with Crippen LogP contribution in [-0.4, -0.2) is 11.6 Å². The smallest absolute Gasteiger partial charge is 0.244 e. The first-order valence-electron chi connectivity index (χ1n) is 7.93. The molecule has 0 radical (unpaired) electrons. The minimum Gasteiger partial charge on any atom is -0.273 e. The van der Waals surface area contributed by atoms with Crippen LogP contribution in [0.25, 0.3) is 0 Å². The van der Waals surface area contributed by atoms with Gasteiger partial charge in [-0.25, -0.2) is 5.43 Å². The number of nitrogens with zero attached hydrogens (tertiary/aromatic N) is 1. The highest BCUT2D eigenvalue weighted by molar-refractivity contribution is 5.99. The lowest BCUT2D eigenvalue weighted by atomic mass is 9.90. The summed E-state index contributed by atoms with van der Waals surface area (Å²) in [6.45, 7) is 6.26. The SMILES string of the molecule is C/C(=N/NC(=O)[C@@H]1[C@@H]2CCCC[C@]12C)c1ccc(C)cc1. The summed E-state index contributed by atoms with van der Waals surface area (Å²) in [6, 6.07) is 8.20. The summed E-state index contributed by atoms with van der Waals surface area (Å²) in [4.78, 5) is 12.3. The van der Waals surface area contributed by atoms with Gasteiger partial charge in [0.1, 0.15) is 0 Å². The van der Waals surface area contributed by atoms with Gasteiger partial charge in [-0.1, -0.05) is 49.6 Å². The maximum Gasteiger partial charge on any atom is 0.244 e. The minimum absolute atomic E-state index is 0.107. The lowest BCUT2D eigenvalue weighted by Crippen LogP contribution is -2.23. The van der Waals surface area contributed by atoms with Crippen molar-refractivity contribution < 1.29 is 4.79 Å². The summed E-state index contributed by atoms with van der Waals surface area (Å²) in [7, 11) is 0. The number of carbonyl (C=O) groups is 1. The van der Waals surface area contributed by atoms with E-state index in [9.17, 15) is 4.79 Å². The lowest BCUT2D eigenvalue weighted by Gasteiger charge is -2.15. The summed E-state index contributed by atoms with van der Waals surface area (Å²) in [5.41, 5.74) is 6.18. The molecule has 0 unspecified atom stereocenters. The number of benzene rings is 1. The monoisotopic (exact) mass is 284 g/mol. The number of aryl methyl sites for hydroxylation is 1. The van der Waals surface area contributed by atoms with Gasteiger partial charge in [-0.05, 0) is 43.6 Å². The summed E-state index contributed by atoms with van der Waals surface area (Å²) in [5.74, 6) is 0.867. The van der Waals surface area contributed by atoms with Gasteiger partial charge in [0, 0.05) is 5.92 Å². The topological polar surface area (TPSA) is 41.5 Å². The fourth-order valence-electron chi connectivity index (χ4n) is 3.92. The van der Waals surface area contributed by atoms with E-state index in [4.69, 9.17) is 0 Å². The zero-order valence-corrected chi connectivity index (χ0v) is 13.1. The Balaban J connectivity index is 1.63. The first-order chi connectivity index (χ1) is 10.0. The predicted molar refractivity (Wildman–Crippen MR) is 85.1 cm³/mol. The molecule has 1 aromatic carbocycles. The Morgan fingerprint density at radius 1 is 1.29 bits per heavy atom. The van der Waals surface area contributed by atoms with Crippen molar-refractivity contribution in [1.82, 2.24) is 5.43 Å². The predicted octanol–water partition coefficient (Wildman–Crippen LogP) is 3.66. The molecule has 112 valence electrons. The highest BCUT2D eigenvalue weighted by Gasteiger charge is 2.64. The summed E-state index contributed by atoms with van der Waals surface area (Å²) in [6.07, 6.45) is 4.93.